The number of pyridine rings is 1. The molecule has 1 atom stereocenters. The van der Waals surface area contributed by atoms with Crippen LogP contribution in [0.25, 0.3) is 11.1 Å². The van der Waals surface area contributed by atoms with Gasteiger partial charge < -0.3 is 14.1 Å². The van der Waals surface area contributed by atoms with Crippen LogP contribution in [0.4, 0.5) is 5.69 Å². The summed E-state index contributed by atoms with van der Waals surface area (Å²) in [6.45, 7) is 1.75. The molecule has 0 radical (unpaired) electrons. The molecule has 6 heteroatoms. The Morgan fingerprint density at radius 3 is 2.95 bits per heavy atom. The number of halogens is 1. The topological polar surface area (TPSA) is 51.4 Å². The average Bonchev–Trinajstić information content (AvgIpc) is 3.14. The fourth-order valence-electron chi connectivity index (χ4n) is 2.68. The van der Waals surface area contributed by atoms with E-state index in [0.717, 1.165) is 30.7 Å². The smallest absolute Gasteiger partial charge is 0.394 e. The molecule has 0 spiro atoms. The first-order valence-electron chi connectivity index (χ1n) is 7.16. The van der Waals surface area contributed by atoms with Crippen LogP contribution in [0.1, 0.15) is 6.42 Å². The van der Waals surface area contributed by atoms with Crippen LogP contribution in [0, 0.1) is 0 Å². The predicted octanol–water partition coefficient (Wildman–Crippen LogP) is 3.53. The fourth-order valence-corrected chi connectivity index (χ4v) is 2.85. The molecule has 0 N–H and O–H groups in total. The molecule has 0 unspecified atom stereocenters. The van der Waals surface area contributed by atoms with E-state index in [1.807, 2.05) is 18.2 Å². The van der Waals surface area contributed by atoms with E-state index in [2.05, 4.69) is 14.9 Å². The van der Waals surface area contributed by atoms with Crippen molar-refractivity contribution in [3.63, 3.8) is 0 Å². The largest absolute Gasteiger partial charge is 0.445 e. The van der Waals surface area contributed by atoms with Crippen LogP contribution in [0.3, 0.4) is 0 Å². The van der Waals surface area contributed by atoms with Gasteiger partial charge in [-0.1, -0.05) is 11.6 Å². The Labute approximate surface area is 132 Å². The summed E-state index contributed by atoms with van der Waals surface area (Å²) < 4.78 is 11.5. The highest BCUT2D eigenvalue weighted by molar-refractivity contribution is 6.31. The van der Waals surface area contributed by atoms with Crippen LogP contribution in [0.2, 0.25) is 5.02 Å². The first-order valence-corrected chi connectivity index (χ1v) is 7.53. The van der Waals surface area contributed by atoms with Gasteiger partial charge in [-0.25, -0.2) is 0 Å². The van der Waals surface area contributed by atoms with Crippen molar-refractivity contribution in [2.75, 3.05) is 18.0 Å². The lowest BCUT2D eigenvalue weighted by Crippen LogP contribution is -2.24. The highest BCUT2D eigenvalue weighted by atomic mass is 35.5. The van der Waals surface area contributed by atoms with Crippen LogP contribution >= 0.6 is 11.6 Å². The lowest BCUT2D eigenvalue weighted by molar-refractivity contribution is 0.167. The van der Waals surface area contributed by atoms with E-state index in [9.17, 15) is 0 Å². The Morgan fingerprint density at radius 2 is 2.09 bits per heavy atom. The third-order valence-corrected chi connectivity index (χ3v) is 4.01. The molecule has 1 aliphatic rings. The lowest BCUT2D eigenvalue weighted by atomic mass is 10.3. The third-order valence-electron chi connectivity index (χ3n) is 3.77. The second kappa shape index (κ2) is 5.50. The van der Waals surface area contributed by atoms with Crippen LogP contribution in [0.15, 0.2) is 47.1 Å². The molecule has 2 aromatic heterocycles. The zero-order chi connectivity index (χ0) is 14.9. The number of anilines is 1. The number of oxazole rings is 1. The molecule has 22 heavy (non-hydrogen) atoms. The number of ether oxygens (including phenoxy) is 1. The maximum atomic E-state index is 5.94. The van der Waals surface area contributed by atoms with Gasteiger partial charge >= 0.3 is 6.08 Å². The molecular formula is C16H14ClN3O2. The van der Waals surface area contributed by atoms with Crippen molar-refractivity contribution in [3.05, 3.63) is 47.7 Å². The van der Waals surface area contributed by atoms with Crippen LogP contribution in [-0.4, -0.2) is 29.2 Å². The van der Waals surface area contributed by atoms with Gasteiger partial charge in [0.05, 0.1) is 6.54 Å². The Kier molecular flexibility index (Phi) is 3.35. The van der Waals surface area contributed by atoms with Crippen molar-refractivity contribution in [2.24, 2.45) is 0 Å². The summed E-state index contributed by atoms with van der Waals surface area (Å²) in [6.07, 6.45) is 4.90. The Bertz CT molecular complexity index is 790. The highest BCUT2D eigenvalue weighted by Gasteiger charge is 2.25. The molecule has 1 fully saturated rings. The van der Waals surface area contributed by atoms with Crippen molar-refractivity contribution in [1.29, 1.82) is 0 Å². The number of fused-ring (bicyclic) bond motifs is 1. The summed E-state index contributed by atoms with van der Waals surface area (Å²) in [6, 6.07) is 9.37. The SMILES string of the molecule is Clc1ccc2nc(O[C@@H]3CCN(c4ccncc4)C3)oc2c1. The fraction of sp³-hybridized carbons (Fsp3) is 0.250. The number of hydrogen-bond acceptors (Lipinski definition) is 5. The normalized spacial score (nSPS) is 18.0. The van der Waals surface area contributed by atoms with Gasteiger partial charge in [0.25, 0.3) is 0 Å². The zero-order valence-electron chi connectivity index (χ0n) is 11.8. The Morgan fingerprint density at radius 1 is 1.23 bits per heavy atom. The minimum absolute atomic E-state index is 0.0664. The summed E-state index contributed by atoms with van der Waals surface area (Å²) in [5.74, 6) is 0. The van der Waals surface area contributed by atoms with E-state index in [1.165, 1.54) is 0 Å². The summed E-state index contributed by atoms with van der Waals surface area (Å²) in [7, 11) is 0. The quantitative estimate of drug-likeness (QED) is 0.740. The molecule has 4 rings (SSSR count). The molecule has 0 saturated carbocycles. The van der Waals surface area contributed by atoms with Gasteiger partial charge in [-0.3, -0.25) is 4.98 Å². The monoisotopic (exact) mass is 315 g/mol. The molecular weight excluding hydrogens is 302 g/mol. The standard InChI is InChI=1S/C16H14ClN3O2/c17-11-1-2-14-15(9-11)22-16(19-14)21-13-5-8-20(10-13)12-3-6-18-7-4-12/h1-4,6-7,9,13H,5,8,10H2/t13-/m1/s1. The van der Waals surface area contributed by atoms with E-state index in [0.29, 0.717) is 16.7 Å². The molecule has 3 heterocycles. The summed E-state index contributed by atoms with van der Waals surface area (Å²) in [5.41, 5.74) is 2.56. The first-order chi connectivity index (χ1) is 10.8. The van der Waals surface area contributed by atoms with Crippen molar-refractivity contribution in [2.45, 2.75) is 12.5 Å². The number of aromatic nitrogens is 2. The molecule has 0 amide bonds. The van der Waals surface area contributed by atoms with E-state index in [-0.39, 0.29) is 6.10 Å². The van der Waals surface area contributed by atoms with Crippen molar-refractivity contribution < 1.29 is 9.15 Å². The maximum absolute atomic E-state index is 5.94. The Balaban J connectivity index is 1.47. The molecule has 0 aliphatic carbocycles. The van der Waals surface area contributed by atoms with Gasteiger partial charge in [-0.05, 0) is 24.3 Å². The van der Waals surface area contributed by atoms with Gasteiger partial charge in [-0.15, -0.1) is 0 Å². The zero-order valence-corrected chi connectivity index (χ0v) is 12.5. The van der Waals surface area contributed by atoms with Crippen LogP contribution in [0.5, 0.6) is 6.08 Å². The van der Waals surface area contributed by atoms with Gasteiger partial charge in [0.15, 0.2) is 5.58 Å². The molecule has 3 aromatic rings. The van der Waals surface area contributed by atoms with E-state index < -0.39 is 0 Å². The number of hydrogen-bond donors (Lipinski definition) is 0. The molecule has 5 nitrogen and oxygen atoms in total. The number of nitrogens with zero attached hydrogens (tertiary/aromatic N) is 3. The van der Waals surface area contributed by atoms with Gasteiger partial charge in [-0.2, -0.15) is 4.98 Å². The van der Waals surface area contributed by atoms with Crippen molar-refractivity contribution in [3.8, 4) is 6.08 Å². The Hall–Kier alpha value is -2.27. The molecule has 112 valence electrons. The summed E-state index contributed by atoms with van der Waals surface area (Å²) in [4.78, 5) is 10.6. The van der Waals surface area contributed by atoms with Gasteiger partial charge in [0.1, 0.15) is 11.6 Å². The maximum Gasteiger partial charge on any atom is 0.394 e. The van der Waals surface area contributed by atoms with Crippen LogP contribution < -0.4 is 9.64 Å². The van der Waals surface area contributed by atoms with Gasteiger partial charge in [0, 0.05) is 42.1 Å². The molecule has 1 saturated heterocycles. The first kappa shape index (κ1) is 13.4. The van der Waals surface area contributed by atoms with Crippen LogP contribution in [-0.2, 0) is 0 Å². The number of benzene rings is 1. The molecule has 0 bridgehead atoms. The highest BCUT2D eigenvalue weighted by Crippen LogP contribution is 2.27. The lowest BCUT2D eigenvalue weighted by Gasteiger charge is -2.17. The third kappa shape index (κ3) is 2.60. The second-order valence-electron chi connectivity index (χ2n) is 5.27. The van der Waals surface area contributed by atoms with Crippen molar-refractivity contribution in [1.82, 2.24) is 9.97 Å². The molecule has 1 aromatic carbocycles. The van der Waals surface area contributed by atoms with Gasteiger partial charge in [0.2, 0.25) is 0 Å². The number of rotatable bonds is 3. The van der Waals surface area contributed by atoms with E-state index >= 15 is 0 Å². The minimum atomic E-state index is 0.0664. The molecule has 1 aliphatic heterocycles. The van der Waals surface area contributed by atoms with E-state index in [1.54, 1.807) is 24.5 Å². The van der Waals surface area contributed by atoms with E-state index in [4.69, 9.17) is 20.8 Å². The average molecular weight is 316 g/mol. The minimum Gasteiger partial charge on any atom is -0.445 e. The summed E-state index contributed by atoms with van der Waals surface area (Å²) >= 11 is 5.94. The van der Waals surface area contributed by atoms with Crippen molar-refractivity contribution >= 4 is 28.4 Å². The second-order valence-corrected chi connectivity index (χ2v) is 5.71. The predicted molar refractivity (Wildman–Crippen MR) is 84.5 cm³/mol. The summed E-state index contributed by atoms with van der Waals surface area (Å²) in [5, 5.41) is 0.625.